The van der Waals surface area contributed by atoms with Crippen LogP contribution in [0.25, 0.3) is 56.6 Å². The third kappa shape index (κ3) is 5.45. The molecule has 0 aromatic heterocycles. The van der Waals surface area contributed by atoms with E-state index in [4.69, 9.17) is 0 Å². The molecule has 0 saturated carbocycles. The standard InChI is InChI=1S/C40H38/c1-3-5-7-29-9-13-31(14-10-29)17-19-33-21-23-35-25-26-36-24-22-34(38-28-27-37(33)39(35)40(36)38)20-18-32-15-11-30(12-16-32)8-6-4-2/h9-28H,3-8H2,1-2H3/b19-17+,20-18+. The van der Waals surface area contributed by atoms with E-state index < -0.39 is 0 Å². The quantitative estimate of drug-likeness (QED) is 0.125. The summed E-state index contributed by atoms with van der Waals surface area (Å²) in [5, 5.41) is 7.96. The van der Waals surface area contributed by atoms with E-state index in [-0.39, 0.29) is 0 Å². The van der Waals surface area contributed by atoms with Crippen molar-refractivity contribution in [2.24, 2.45) is 0 Å². The van der Waals surface area contributed by atoms with E-state index in [2.05, 4.69) is 135 Å². The number of benzene rings is 6. The van der Waals surface area contributed by atoms with Crippen molar-refractivity contribution in [3.8, 4) is 0 Å². The first kappa shape index (κ1) is 26.1. The minimum absolute atomic E-state index is 1.16. The van der Waals surface area contributed by atoms with Crippen LogP contribution in [0.2, 0.25) is 0 Å². The van der Waals surface area contributed by atoms with Crippen LogP contribution in [0.4, 0.5) is 0 Å². The molecule has 0 fully saturated rings. The summed E-state index contributed by atoms with van der Waals surface area (Å²) in [6, 6.07) is 36.3. The van der Waals surface area contributed by atoms with E-state index in [9.17, 15) is 0 Å². The molecule has 0 aliphatic carbocycles. The molecular weight excluding hydrogens is 480 g/mol. The van der Waals surface area contributed by atoms with Crippen LogP contribution in [0, 0.1) is 0 Å². The first-order chi connectivity index (χ1) is 19.7. The summed E-state index contributed by atoms with van der Waals surface area (Å²) in [6.45, 7) is 4.50. The monoisotopic (exact) mass is 518 g/mol. The minimum Gasteiger partial charge on any atom is -0.0654 e. The van der Waals surface area contributed by atoms with Crippen LogP contribution in [0.15, 0.2) is 97.1 Å². The van der Waals surface area contributed by atoms with Gasteiger partial charge in [0.15, 0.2) is 0 Å². The van der Waals surface area contributed by atoms with Crippen LogP contribution >= 0.6 is 0 Å². The lowest BCUT2D eigenvalue weighted by Gasteiger charge is -2.14. The molecule has 6 aromatic rings. The normalized spacial score (nSPS) is 12.2. The smallest absolute Gasteiger partial charge is 0.00206 e. The summed E-state index contributed by atoms with van der Waals surface area (Å²) in [5.74, 6) is 0. The predicted molar refractivity (Wildman–Crippen MR) is 178 cm³/mol. The summed E-state index contributed by atoms with van der Waals surface area (Å²) in [5.41, 5.74) is 7.88. The van der Waals surface area contributed by atoms with E-state index in [0.717, 1.165) is 12.8 Å². The molecule has 6 rings (SSSR count). The zero-order valence-corrected chi connectivity index (χ0v) is 23.8. The Morgan fingerprint density at radius 3 is 1.23 bits per heavy atom. The topological polar surface area (TPSA) is 0 Å². The molecule has 0 unspecified atom stereocenters. The Hall–Kier alpha value is -4.16. The fourth-order valence-electron chi connectivity index (χ4n) is 5.86. The second kappa shape index (κ2) is 11.9. The predicted octanol–water partition coefficient (Wildman–Crippen LogP) is 11.6. The van der Waals surface area contributed by atoms with Gasteiger partial charge in [-0.05, 0) is 91.4 Å². The number of unbranched alkanes of at least 4 members (excludes halogenated alkanes) is 2. The molecule has 0 nitrogen and oxygen atoms in total. The molecule has 0 heterocycles. The highest BCUT2D eigenvalue weighted by atomic mass is 14.1. The lowest BCUT2D eigenvalue weighted by molar-refractivity contribution is 0.795. The Kier molecular flexibility index (Phi) is 7.78. The van der Waals surface area contributed by atoms with Crippen molar-refractivity contribution in [1.29, 1.82) is 0 Å². The highest BCUT2D eigenvalue weighted by Gasteiger charge is 2.11. The molecule has 0 saturated heterocycles. The van der Waals surface area contributed by atoms with E-state index in [0.29, 0.717) is 0 Å². The third-order valence-corrected chi connectivity index (χ3v) is 8.24. The van der Waals surface area contributed by atoms with Crippen molar-refractivity contribution < 1.29 is 0 Å². The number of aryl methyl sites for hydroxylation is 2. The van der Waals surface area contributed by atoms with Gasteiger partial charge in [-0.2, -0.15) is 0 Å². The summed E-state index contributed by atoms with van der Waals surface area (Å²) in [6.07, 6.45) is 16.4. The Labute approximate surface area is 239 Å². The molecule has 0 spiro atoms. The van der Waals surface area contributed by atoms with Crippen LogP contribution in [-0.2, 0) is 12.8 Å². The van der Waals surface area contributed by atoms with Gasteiger partial charge in [-0.25, -0.2) is 0 Å². The maximum Gasteiger partial charge on any atom is -0.00206 e. The molecule has 0 N–H and O–H groups in total. The van der Waals surface area contributed by atoms with Crippen molar-refractivity contribution in [1.82, 2.24) is 0 Å². The average Bonchev–Trinajstić information content (AvgIpc) is 3.01. The molecule has 0 atom stereocenters. The van der Waals surface area contributed by atoms with Crippen LogP contribution in [0.1, 0.15) is 72.9 Å². The third-order valence-electron chi connectivity index (χ3n) is 8.24. The molecular formula is C40H38. The van der Waals surface area contributed by atoms with Gasteiger partial charge < -0.3 is 0 Å². The maximum absolute atomic E-state index is 2.32. The SMILES string of the molecule is CCCCc1ccc(/C=C/c2ccc3ccc4ccc(/C=C/c5ccc(CCCC)cc5)c5ccc2c3c45)cc1. The van der Waals surface area contributed by atoms with Crippen molar-refractivity contribution in [3.05, 3.63) is 130 Å². The fraction of sp³-hybridized carbons (Fsp3) is 0.200. The molecule has 0 amide bonds. The molecule has 0 aliphatic heterocycles. The van der Waals surface area contributed by atoms with E-state index in [1.54, 1.807) is 0 Å². The average molecular weight is 519 g/mol. The second-order valence-corrected chi connectivity index (χ2v) is 11.1. The van der Waals surface area contributed by atoms with Gasteiger partial charge in [-0.3, -0.25) is 0 Å². The Morgan fingerprint density at radius 1 is 0.425 bits per heavy atom. The summed E-state index contributed by atoms with van der Waals surface area (Å²) in [7, 11) is 0. The van der Waals surface area contributed by atoms with Crippen LogP contribution in [-0.4, -0.2) is 0 Å². The highest BCUT2D eigenvalue weighted by molar-refractivity contribution is 6.25. The molecule has 0 bridgehead atoms. The highest BCUT2D eigenvalue weighted by Crippen LogP contribution is 2.38. The van der Waals surface area contributed by atoms with Crippen LogP contribution in [0.3, 0.4) is 0 Å². The first-order valence-electron chi connectivity index (χ1n) is 15.0. The van der Waals surface area contributed by atoms with Gasteiger partial charge >= 0.3 is 0 Å². The fourth-order valence-corrected chi connectivity index (χ4v) is 5.86. The molecule has 6 aromatic carbocycles. The lowest BCUT2D eigenvalue weighted by Crippen LogP contribution is -1.88. The Bertz CT molecular complexity index is 1650. The van der Waals surface area contributed by atoms with Crippen LogP contribution in [0.5, 0.6) is 0 Å². The van der Waals surface area contributed by atoms with Crippen molar-refractivity contribution in [2.45, 2.75) is 52.4 Å². The van der Waals surface area contributed by atoms with Crippen molar-refractivity contribution in [2.75, 3.05) is 0 Å². The van der Waals surface area contributed by atoms with Gasteiger partial charge in [0.25, 0.3) is 0 Å². The molecule has 198 valence electrons. The summed E-state index contributed by atoms with van der Waals surface area (Å²) in [4.78, 5) is 0. The Morgan fingerprint density at radius 2 is 0.825 bits per heavy atom. The molecule has 40 heavy (non-hydrogen) atoms. The molecule has 0 heteroatoms. The van der Waals surface area contributed by atoms with Gasteiger partial charge in [0.05, 0.1) is 0 Å². The summed E-state index contributed by atoms with van der Waals surface area (Å²) >= 11 is 0. The number of hydrogen-bond donors (Lipinski definition) is 0. The largest absolute Gasteiger partial charge is 0.0654 e. The Balaban J connectivity index is 1.34. The number of hydrogen-bond acceptors (Lipinski definition) is 0. The van der Waals surface area contributed by atoms with E-state index in [1.165, 1.54) is 91.4 Å². The lowest BCUT2D eigenvalue weighted by atomic mass is 9.89. The zero-order valence-electron chi connectivity index (χ0n) is 23.8. The number of rotatable bonds is 10. The van der Waals surface area contributed by atoms with Gasteiger partial charge in [0.2, 0.25) is 0 Å². The van der Waals surface area contributed by atoms with Gasteiger partial charge in [0, 0.05) is 0 Å². The molecule has 0 aliphatic rings. The van der Waals surface area contributed by atoms with Gasteiger partial charge in [-0.1, -0.05) is 148 Å². The minimum atomic E-state index is 1.16. The molecule has 0 radical (unpaired) electrons. The van der Waals surface area contributed by atoms with Crippen LogP contribution < -0.4 is 0 Å². The van der Waals surface area contributed by atoms with Crippen molar-refractivity contribution >= 4 is 56.6 Å². The zero-order chi connectivity index (χ0) is 27.3. The summed E-state index contributed by atoms with van der Waals surface area (Å²) < 4.78 is 0. The second-order valence-electron chi connectivity index (χ2n) is 11.1. The van der Waals surface area contributed by atoms with E-state index in [1.807, 2.05) is 0 Å². The van der Waals surface area contributed by atoms with Crippen molar-refractivity contribution in [3.63, 3.8) is 0 Å². The van der Waals surface area contributed by atoms with Gasteiger partial charge in [-0.15, -0.1) is 0 Å². The van der Waals surface area contributed by atoms with E-state index >= 15 is 0 Å². The first-order valence-corrected chi connectivity index (χ1v) is 15.0. The van der Waals surface area contributed by atoms with Gasteiger partial charge in [0.1, 0.15) is 0 Å². The maximum atomic E-state index is 2.32.